The molecule has 2 N–H and O–H groups in total. The van der Waals surface area contributed by atoms with Crippen molar-refractivity contribution in [1.29, 1.82) is 0 Å². The van der Waals surface area contributed by atoms with Gasteiger partial charge < -0.3 is 14.9 Å². The Labute approximate surface area is 190 Å². The van der Waals surface area contributed by atoms with Crippen LogP contribution in [0, 0.1) is 5.92 Å². The van der Waals surface area contributed by atoms with Crippen molar-refractivity contribution in [2.75, 3.05) is 0 Å². The highest BCUT2D eigenvalue weighted by molar-refractivity contribution is 9.10. The number of ether oxygens (including phenoxy) is 1. The number of aliphatic carboxylic acids is 1. The lowest BCUT2D eigenvalue weighted by molar-refractivity contribution is -0.160. The van der Waals surface area contributed by atoms with Crippen molar-refractivity contribution in [3.8, 4) is 5.75 Å². The van der Waals surface area contributed by atoms with Crippen LogP contribution < -0.4 is 4.74 Å². The normalized spacial score (nSPS) is 28.7. The smallest absolute Gasteiger partial charge is 0.311 e. The number of rotatable bonds is 3. The molecular formula is C23H15BrClNO5. The summed E-state index contributed by atoms with van der Waals surface area (Å²) in [4.78, 5) is 30.5. The molecule has 31 heavy (non-hydrogen) atoms. The fraction of sp³-hybridized carbons (Fsp3) is 0.174. The van der Waals surface area contributed by atoms with Gasteiger partial charge in [-0.3, -0.25) is 9.59 Å². The molecule has 8 heteroatoms. The number of fused-ring (bicyclic) bond motifs is 4. The molecule has 2 aliphatic rings. The predicted molar refractivity (Wildman–Crippen MR) is 115 cm³/mol. The number of aliphatic hydroxyl groups is 1. The van der Waals surface area contributed by atoms with Crippen LogP contribution in [0.15, 0.2) is 71.3 Å². The molecule has 4 atom stereocenters. The van der Waals surface area contributed by atoms with Gasteiger partial charge in [0.05, 0.1) is 11.5 Å². The van der Waals surface area contributed by atoms with Crippen LogP contribution in [0.4, 0.5) is 0 Å². The van der Waals surface area contributed by atoms with E-state index in [9.17, 15) is 19.8 Å². The summed E-state index contributed by atoms with van der Waals surface area (Å²) in [6.45, 7) is 0. The van der Waals surface area contributed by atoms with Gasteiger partial charge in [0.2, 0.25) is 11.4 Å². The zero-order valence-electron chi connectivity index (χ0n) is 15.8. The van der Waals surface area contributed by atoms with E-state index in [-0.39, 0.29) is 16.5 Å². The third kappa shape index (κ3) is 2.63. The quantitative estimate of drug-likeness (QED) is 0.527. The molecule has 1 aliphatic heterocycles. The molecule has 0 radical (unpaired) electrons. The van der Waals surface area contributed by atoms with Crippen molar-refractivity contribution in [3.63, 3.8) is 0 Å². The molecule has 1 saturated carbocycles. The first-order chi connectivity index (χ1) is 14.8. The molecule has 2 aromatic carbocycles. The highest BCUT2D eigenvalue weighted by Gasteiger charge is 2.76. The van der Waals surface area contributed by atoms with Gasteiger partial charge in [0.15, 0.2) is 5.60 Å². The molecule has 1 aromatic heterocycles. The number of ketones is 1. The minimum atomic E-state index is -2.34. The molecule has 0 unspecified atom stereocenters. The number of hydrogen-bond donors (Lipinski definition) is 2. The monoisotopic (exact) mass is 499 g/mol. The summed E-state index contributed by atoms with van der Waals surface area (Å²) in [6, 6.07) is 17.0. The van der Waals surface area contributed by atoms with Crippen LogP contribution in [0.25, 0.3) is 0 Å². The number of benzene rings is 2. The van der Waals surface area contributed by atoms with E-state index in [2.05, 4.69) is 20.9 Å². The minimum absolute atomic E-state index is 0.000433. The molecule has 0 spiro atoms. The molecule has 0 saturated heterocycles. The summed E-state index contributed by atoms with van der Waals surface area (Å²) in [5.74, 6) is -4.42. The van der Waals surface area contributed by atoms with Crippen molar-refractivity contribution < 1.29 is 24.5 Å². The molecule has 5 rings (SSSR count). The summed E-state index contributed by atoms with van der Waals surface area (Å²) >= 11 is 9.44. The number of carbonyl (C=O) groups excluding carboxylic acids is 1. The lowest BCUT2D eigenvalue weighted by Crippen LogP contribution is -2.51. The number of nitrogens with zero attached hydrogens (tertiary/aromatic N) is 1. The minimum Gasteiger partial charge on any atom is -0.481 e. The third-order valence-corrected chi connectivity index (χ3v) is 6.85. The Kier molecular flexibility index (Phi) is 4.48. The number of carboxylic acid groups (broad SMARTS) is 1. The number of carbonyl (C=O) groups is 2. The number of carboxylic acids is 1. The van der Waals surface area contributed by atoms with Crippen molar-refractivity contribution in [2.24, 2.45) is 5.92 Å². The molecule has 1 fully saturated rings. The lowest BCUT2D eigenvalue weighted by Gasteiger charge is -2.39. The SMILES string of the molecule is O=C(O)[C@H]1[C@@H](c2ccccc2)[C@@]2(c3ccc(Br)cc3)Oc3cc(Cl)ncc3[C@@]1(O)C2=O. The van der Waals surface area contributed by atoms with Gasteiger partial charge in [0, 0.05) is 22.3 Å². The summed E-state index contributed by atoms with van der Waals surface area (Å²) in [5.41, 5.74) is -3.10. The molecule has 2 heterocycles. The van der Waals surface area contributed by atoms with Crippen molar-refractivity contribution in [2.45, 2.75) is 17.1 Å². The Morgan fingerprint density at radius 2 is 1.81 bits per heavy atom. The number of hydrogen-bond acceptors (Lipinski definition) is 5. The van der Waals surface area contributed by atoms with E-state index in [0.717, 1.165) is 4.47 Å². The maximum atomic E-state index is 14.0. The Morgan fingerprint density at radius 3 is 2.45 bits per heavy atom. The van der Waals surface area contributed by atoms with Crippen LogP contribution in [0.5, 0.6) is 5.75 Å². The fourth-order valence-electron chi connectivity index (χ4n) is 4.87. The van der Waals surface area contributed by atoms with Gasteiger partial charge in [-0.25, -0.2) is 4.98 Å². The molecule has 156 valence electrons. The molecular weight excluding hydrogens is 486 g/mol. The molecule has 1 aliphatic carbocycles. The third-order valence-electron chi connectivity index (χ3n) is 6.12. The lowest BCUT2D eigenvalue weighted by atomic mass is 9.75. The summed E-state index contributed by atoms with van der Waals surface area (Å²) in [7, 11) is 0. The van der Waals surface area contributed by atoms with Crippen LogP contribution in [0.1, 0.15) is 22.6 Å². The van der Waals surface area contributed by atoms with Crippen molar-refractivity contribution in [3.05, 3.63) is 93.2 Å². The number of pyridine rings is 1. The average Bonchev–Trinajstić information content (AvgIpc) is 2.88. The maximum Gasteiger partial charge on any atom is 0.311 e. The van der Waals surface area contributed by atoms with Gasteiger partial charge in [-0.2, -0.15) is 0 Å². The Balaban J connectivity index is 1.89. The van der Waals surface area contributed by atoms with Gasteiger partial charge in [0.1, 0.15) is 16.8 Å². The van der Waals surface area contributed by atoms with E-state index in [4.69, 9.17) is 16.3 Å². The van der Waals surface area contributed by atoms with E-state index in [1.54, 1.807) is 54.6 Å². The fourth-order valence-corrected chi connectivity index (χ4v) is 5.29. The zero-order chi connectivity index (χ0) is 22.0. The number of halogens is 2. The van der Waals surface area contributed by atoms with Crippen LogP contribution >= 0.6 is 27.5 Å². The second kappa shape index (κ2) is 6.88. The van der Waals surface area contributed by atoms with Gasteiger partial charge in [-0.05, 0) is 17.7 Å². The first-order valence-electron chi connectivity index (χ1n) is 9.46. The van der Waals surface area contributed by atoms with Crippen molar-refractivity contribution in [1.82, 2.24) is 4.98 Å². The van der Waals surface area contributed by atoms with Crippen molar-refractivity contribution >= 4 is 39.3 Å². The van der Waals surface area contributed by atoms with Gasteiger partial charge in [0.25, 0.3) is 0 Å². The molecule has 0 amide bonds. The van der Waals surface area contributed by atoms with Crippen LogP contribution in [-0.2, 0) is 20.8 Å². The first-order valence-corrected chi connectivity index (χ1v) is 10.6. The molecule has 2 bridgehead atoms. The molecule has 3 aromatic rings. The summed E-state index contributed by atoms with van der Waals surface area (Å²) < 4.78 is 7.11. The van der Waals surface area contributed by atoms with E-state index in [0.29, 0.717) is 11.1 Å². The Morgan fingerprint density at radius 1 is 1.13 bits per heavy atom. The largest absolute Gasteiger partial charge is 0.481 e. The highest BCUT2D eigenvalue weighted by Crippen LogP contribution is 2.64. The van der Waals surface area contributed by atoms with Crippen LogP contribution in [0.3, 0.4) is 0 Å². The van der Waals surface area contributed by atoms with Gasteiger partial charge in [-0.15, -0.1) is 0 Å². The molecule has 6 nitrogen and oxygen atoms in total. The number of aromatic nitrogens is 1. The standard InChI is InChI=1S/C23H15BrClNO5/c24-14-8-6-13(7-9-14)23-18(12-4-2-1-3-5-12)19(20(27)28)22(30,21(23)29)15-11-26-17(25)10-16(15)31-23/h1-11,18-19,30H,(H,27,28)/t18-,19-,22+,23-/m1/s1. The second-order valence-corrected chi connectivity index (χ2v) is 8.95. The number of Topliss-reactive ketones (excluding diaryl/α,β-unsaturated/α-hetero) is 1. The van der Waals surface area contributed by atoms with E-state index < -0.39 is 34.8 Å². The maximum absolute atomic E-state index is 14.0. The Hall–Kier alpha value is -2.74. The topological polar surface area (TPSA) is 96.7 Å². The van der Waals surface area contributed by atoms with Gasteiger partial charge in [-0.1, -0.05) is 70.0 Å². The first kappa shape index (κ1) is 20.2. The predicted octanol–water partition coefficient (Wildman–Crippen LogP) is 4.04. The zero-order valence-corrected chi connectivity index (χ0v) is 18.2. The highest BCUT2D eigenvalue weighted by atomic mass is 79.9. The second-order valence-electron chi connectivity index (χ2n) is 7.65. The van der Waals surface area contributed by atoms with Crippen LogP contribution in [-0.4, -0.2) is 26.9 Å². The van der Waals surface area contributed by atoms with Crippen LogP contribution in [0.2, 0.25) is 5.15 Å². The summed E-state index contributed by atoms with van der Waals surface area (Å²) in [5, 5.41) is 22.1. The van der Waals surface area contributed by atoms with E-state index in [1.807, 2.05) is 0 Å². The summed E-state index contributed by atoms with van der Waals surface area (Å²) in [6.07, 6.45) is 1.21. The Bertz CT molecular complexity index is 1220. The van der Waals surface area contributed by atoms with Gasteiger partial charge >= 0.3 is 5.97 Å². The van der Waals surface area contributed by atoms with E-state index in [1.165, 1.54) is 12.3 Å². The average molecular weight is 501 g/mol. The van der Waals surface area contributed by atoms with E-state index >= 15 is 0 Å².